The van der Waals surface area contributed by atoms with Crippen LogP contribution in [0.15, 0.2) is 59.6 Å². The highest BCUT2D eigenvalue weighted by Crippen LogP contribution is 2.26. The molecule has 33 heavy (non-hydrogen) atoms. The zero-order chi connectivity index (χ0) is 22.3. The molecule has 0 radical (unpaired) electrons. The molecule has 2 aromatic rings. The normalized spacial score (nSPS) is 23.3. The van der Waals surface area contributed by atoms with Crippen molar-refractivity contribution in [2.45, 2.75) is 38.4 Å². The van der Waals surface area contributed by atoms with Crippen molar-refractivity contribution in [2.24, 2.45) is 10.9 Å². The molecule has 180 valence electrons. The summed E-state index contributed by atoms with van der Waals surface area (Å²) in [5.74, 6) is 2.45. The highest BCUT2D eigenvalue weighted by atomic mass is 127. The summed E-state index contributed by atoms with van der Waals surface area (Å²) >= 11 is 0. The third-order valence-corrected chi connectivity index (χ3v) is 6.76. The Hall–Kier alpha value is -2.00. The van der Waals surface area contributed by atoms with Crippen LogP contribution < -0.4 is 20.3 Å². The molecule has 2 aromatic carbocycles. The van der Waals surface area contributed by atoms with E-state index in [1.165, 1.54) is 17.7 Å². The molecule has 3 unspecified atom stereocenters. The van der Waals surface area contributed by atoms with Crippen molar-refractivity contribution in [1.82, 2.24) is 15.5 Å². The average Bonchev–Trinajstić information content (AvgIpc) is 3.44. The quantitative estimate of drug-likeness (QED) is 0.304. The van der Waals surface area contributed by atoms with E-state index in [0.29, 0.717) is 18.0 Å². The number of hydrogen-bond donors (Lipinski definition) is 2. The average molecular weight is 564 g/mol. The van der Waals surface area contributed by atoms with Crippen molar-refractivity contribution < 1.29 is 4.74 Å². The number of nitrogens with zero attached hydrogens (tertiary/aromatic N) is 3. The van der Waals surface area contributed by atoms with Gasteiger partial charge in [-0.1, -0.05) is 36.4 Å². The smallest absolute Gasteiger partial charge is 0.191 e. The number of halogens is 1. The molecule has 0 saturated carbocycles. The number of anilines is 1. The summed E-state index contributed by atoms with van der Waals surface area (Å²) in [6.45, 7) is 7.46. The van der Waals surface area contributed by atoms with Crippen LogP contribution >= 0.6 is 24.0 Å². The monoisotopic (exact) mass is 563 g/mol. The highest BCUT2D eigenvalue weighted by Gasteiger charge is 2.30. The van der Waals surface area contributed by atoms with Gasteiger partial charge in [-0.2, -0.15) is 0 Å². The predicted octanol–water partition coefficient (Wildman–Crippen LogP) is 3.97. The molecule has 0 aliphatic carbocycles. The van der Waals surface area contributed by atoms with Gasteiger partial charge in [-0.25, -0.2) is 0 Å². The Morgan fingerprint density at radius 3 is 2.70 bits per heavy atom. The molecular weight excluding hydrogens is 525 g/mol. The second kappa shape index (κ2) is 12.5. The summed E-state index contributed by atoms with van der Waals surface area (Å²) in [5.41, 5.74) is 2.62. The maximum Gasteiger partial charge on any atom is 0.191 e. The lowest BCUT2D eigenvalue weighted by Crippen LogP contribution is -2.46. The lowest BCUT2D eigenvalue weighted by atomic mass is 10.1. The third-order valence-electron chi connectivity index (χ3n) is 6.76. The Labute approximate surface area is 215 Å². The molecule has 2 heterocycles. The van der Waals surface area contributed by atoms with Crippen molar-refractivity contribution in [1.29, 1.82) is 0 Å². The van der Waals surface area contributed by atoms with Crippen LogP contribution in [0.2, 0.25) is 0 Å². The van der Waals surface area contributed by atoms with E-state index >= 15 is 0 Å². The Kier molecular flexibility index (Phi) is 9.67. The van der Waals surface area contributed by atoms with E-state index in [1.54, 1.807) is 7.11 Å². The van der Waals surface area contributed by atoms with E-state index in [1.807, 2.05) is 13.1 Å². The van der Waals surface area contributed by atoms with Gasteiger partial charge in [-0.05, 0) is 43.4 Å². The number of nitrogens with one attached hydrogen (secondary N) is 2. The van der Waals surface area contributed by atoms with Crippen molar-refractivity contribution >= 4 is 35.6 Å². The lowest BCUT2D eigenvalue weighted by Gasteiger charge is -2.22. The summed E-state index contributed by atoms with van der Waals surface area (Å²) in [7, 11) is 3.59. The Bertz CT molecular complexity index is 893. The zero-order valence-corrected chi connectivity index (χ0v) is 22.4. The van der Waals surface area contributed by atoms with Crippen LogP contribution in [-0.4, -0.2) is 63.3 Å². The topological polar surface area (TPSA) is 52.1 Å². The molecule has 7 heteroatoms. The van der Waals surface area contributed by atoms with Gasteiger partial charge in [-0.3, -0.25) is 9.89 Å². The van der Waals surface area contributed by atoms with Crippen LogP contribution in [-0.2, 0) is 6.54 Å². The first-order valence-electron chi connectivity index (χ1n) is 11.8. The standard InChI is InChI=1S/C26H37N5O.HI/c1-20-14-23(19-31(20)17-21-8-5-4-6-9-21)29-26(27-2)28-16-22-12-13-30(18-22)24-10-7-11-25(15-24)32-3;/h4-11,15,20,22-23H,12-14,16-19H2,1-3H3,(H2,27,28,29);1H. The first-order chi connectivity index (χ1) is 15.6. The molecule has 6 nitrogen and oxygen atoms in total. The molecular formula is C26H38IN5O. The molecule has 2 aliphatic heterocycles. The summed E-state index contributed by atoms with van der Waals surface area (Å²) in [4.78, 5) is 9.50. The predicted molar refractivity (Wildman–Crippen MR) is 148 cm³/mol. The van der Waals surface area contributed by atoms with Crippen molar-refractivity contribution in [2.75, 3.05) is 45.2 Å². The molecule has 0 amide bonds. The van der Waals surface area contributed by atoms with Gasteiger partial charge in [0, 0.05) is 63.6 Å². The molecule has 0 aromatic heterocycles. The maximum absolute atomic E-state index is 5.38. The van der Waals surface area contributed by atoms with E-state index in [2.05, 4.69) is 80.9 Å². The number of aliphatic imine (C=N–C) groups is 1. The fraction of sp³-hybridized carbons (Fsp3) is 0.500. The summed E-state index contributed by atoms with van der Waals surface area (Å²) in [6.07, 6.45) is 2.33. The highest BCUT2D eigenvalue weighted by molar-refractivity contribution is 14.0. The number of rotatable bonds is 7. The lowest BCUT2D eigenvalue weighted by molar-refractivity contribution is 0.258. The first-order valence-corrected chi connectivity index (χ1v) is 11.8. The van der Waals surface area contributed by atoms with E-state index in [9.17, 15) is 0 Å². The number of benzene rings is 2. The number of likely N-dealkylation sites (tertiary alicyclic amines) is 1. The van der Waals surface area contributed by atoms with E-state index in [-0.39, 0.29) is 24.0 Å². The van der Waals surface area contributed by atoms with Crippen LogP contribution in [0.1, 0.15) is 25.3 Å². The third kappa shape index (κ3) is 6.99. The number of ether oxygens (including phenoxy) is 1. The van der Waals surface area contributed by atoms with Crippen molar-refractivity contribution in [3.63, 3.8) is 0 Å². The molecule has 2 saturated heterocycles. The second-order valence-corrected chi connectivity index (χ2v) is 9.10. The van der Waals surface area contributed by atoms with Gasteiger partial charge in [0.15, 0.2) is 5.96 Å². The minimum atomic E-state index is 0. The molecule has 2 fully saturated rings. The number of guanidine groups is 1. The van der Waals surface area contributed by atoms with Gasteiger partial charge < -0.3 is 20.3 Å². The maximum atomic E-state index is 5.38. The minimum Gasteiger partial charge on any atom is -0.497 e. The van der Waals surface area contributed by atoms with Gasteiger partial charge in [-0.15, -0.1) is 24.0 Å². The van der Waals surface area contributed by atoms with Gasteiger partial charge in [0.25, 0.3) is 0 Å². The van der Waals surface area contributed by atoms with Gasteiger partial charge in [0.1, 0.15) is 5.75 Å². The van der Waals surface area contributed by atoms with E-state index in [4.69, 9.17) is 4.74 Å². The number of methoxy groups -OCH3 is 1. The molecule has 2 N–H and O–H groups in total. The Balaban J connectivity index is 0.00000306. The summed E-state index contributed by atoms with van der Waals surface area (Å²) < 4.78 is 5.38. The minimum absolute atomic E-state index is 0. The molecule has 0 spiro atoms. The van der Waals surface area contributed by atoms with Gasteiger partial charge in [0.2, 0.25) is 0 Å². The van der Waals surface area contributed by atoms with Crippen LogP contribution in [0.25, 0.3) is 0 Å². The van der Waals surface area contributed by atoms with E-state index < -0.39 is 0 Å². The molecule has 2 aliphatic rings. The summed E-state index contributed by atoms with van der Waals surface area (Å²) in [6, 6.07) is 20.1. The second-order valence-electron chi connectivity index (χ2n) is 9.10. The van der Waals surface area contributed by atoms with Crippen LogP contribution in [0.5, 0.6) is 5.75 Å². The van der Waals surface area contributed by atoms with E-state index in [0.717, 1.165) is 50.9 Å². The van der Waals surface area contributed by atoms with Crippen LogP contribution in [0, 0.1) is 5.92 Å². The van der Waals surface area contributed by atoms with Crippen LogP contribution in [0.4, 0.5) is 5.69 Å². The van der Waals surface area contributed by atoms with Gasteiger partial charge >= 0.3 is 0 Å². The fourth-order valence-electron chi connectivity index (χ4n) is 4.91. The summed E-state index contributed by atoms with van der Waals surface area (Å²) in [5, 5.41) is 7.24. The molecule has 0 bridgehead atoms. The van der Waals surface area contributed by atoms with Crippen molar-refractivity contribution in [3.8, 4) is 5.75 Å². The number of hydrogen-bond acceptors (Lipinski definition) is 4. The van der Waals surface area contributed by atoms with Gasteiger partial charge in [0.05, 0.1) is 7.11 Å². The van der Waals surface area contributed by atoms with Crippen molar-refractivity contribution in [3.05, 3.63) is 60.2 Å². The molecule has 4 rings (SSSR count). The Morgan fingerprint density at radius 1 is 1.12 bits per heavy atom. The first kappa shape index (κ1) is 25.6. The SMILES string of the molecule is CN=C(NCC1CCN(c2cccc(OC)c2)C1)NC1CC(C)N(Cc2ccccc2)C1.I. The van der Waals surface area contributed by atoms with Crippen LogP contribution in [0.3, 0.4) is 0 Å². The largest absolute Gasteiger partial charge is 0.497 e. The molecule has 3 atom stereocenters. The fourth-order valence-corrected chi connectivity index (χ4v) is 4.91. The Morgan fingerprint density at radius 2 is 1.94 bits per heavy atom. The zero-order valence-electron chi connectivity index (χ0n) is 20.0.